The number of methoxy groups -OCH3 is 1. The number of nitrogens with zero attached hydrogens (tertiary/aromatic N) is 2. The van der Waals surface area contributed by atoms with Crippen molar-refractivity contribution in [3.63, 3.8) is 0 Å². The maximum Gasteiger partial charge on any atom is 0.411 e. The van der Waals surface area contributed by atoms with Crippen molar-refractivity contribution in [1.29, 1.82) is 0 Å². The Bertz CT molecular complexity index is 455. The number of carbonyl (C=O) groups is 3. The van der Waals surface area contributed by atoms with Crippen LogP contribution in [0.2, 0.25) is 0 Å². The van der Waals surface area contributed by atoms with Crippen LogP contribution in [0.3, 0.4) is 0 Å². The monoisotopic (exact) mass is 314 g/mol. The van der Waals surface area contributed by atoms with E-state index in [0.717, 1.165) is 0 Å². The first kappa shape index (κ1) is 18.3. The van der Waals surface area contributed by atoms with Gasteiger partial charge in [0.05, 0.1) is 13.0 Å². The number of likely N-dealkylation sites (tertiary alicyclic amines) is 1. The van der Waals surface area contributed by atoms with Gasteiger partial charge in [-0.25, -0.2) is 9.59 Å². The summed E-state index contributed by atoms with van der Waals surface area (Å²) in [4.78, 5) is 39.4. The summed E-state index contributed by atoms with van der Waals surface area (Å²) in [5.41, 5.74) is -0.679. The molecule has 1 fully saturated rings. The van der Waals surface area contributed by atoms with Gasteiger partial charge in [0.2, 0.25) is 5.91 Å². The molecule has 3 atom stereocenters. The first-order valence-corrected chi connectivity index (χ1v) is 7.30. The number of amides is 2. The minimum atomic E-state index is -0.802. The number of carbonyl (C=O) groups excluding carboxylic acids is 3. The number of rotatable bonds is 2. The van der Waals surface area contributed by atoms with E-state index in [0.29, 0.717) is 0 Å². The van der Waals surface area contributed by atoms with E-state index in [1.807, 2.05) is 0 Å². The molecule has 126 valence electrons. The van der Waals surface area contributed by atoms with E-state index in [2.05, 4.69) is 0 Å². The highest BCUT2D eigenvalue weighted by molar-refractivity contribution is 5.87. The number of hydrogen-bond donors (Lipinski definition) is 0. The molecule has 0 aromatic heterocycles. The van der Waals surface area contributed by atoms with E-state index in [1.54, 1.807) is 41.8 Å². The minimum absolute atomic E-state index is 0.118. The number of ether oxygens (including phenoxy) is 2. The third-order valence-electron chi connectivity index (χ3n) is 3.67. The van der Waals surface area contributed by atoms with Crippen LogP contribution in [0.25, 0.3) is 0 Å². The summed E-state index contributed by atoms with van der Waals surface area (Å²) in [6.45, 7) is 7.00. The zero-order valence-electron chi connectivity index (χ0n) is 14.4. The van der Waals surface area contributed by atoms with Crippen LogP contribution in [0, 0.1) is 5.92 Å². The third kappa shape index (κ3) is 3.90. The van der Waals surface area contributed by atoms with Crippen LogP contribution in [0.15, 0.2) is 0 Å². The second kappa shape index (κ2) is 6.54. The fourth-order valence-electron chi connectivity index (χ4n) is 2.62. The second-order valence-electron chi connectivity index (χ2n) is 6.74. The lowest BCUT2D eigenvalue weighted by molar-refractivity contribution is -0.146. The molecule has 0 saturated carbocycles. The van der Waals surface area contributed by atoms with E-state index in [1.165, 1.54) is 16.9 Å². The Labute approximate surface area is 131 Å². The molecule has 0 radical (unpaired) electrons. The molecule has 0 aromatic rings. The Kier molecular flexibility index (Phi) is 5.43. The van der Waals surface area contributed by atoms with E-state index in [4.69, 9.17) is 9.47 Å². The van der Waals surface area contributed by atoms with E-state index < -0.39 is 35.7 Å². The highest BCUT2D eigenvalue weighted by atomic mass is 16.6. The Balaban J connectivity index is 3.06. The summed E-state index contributed by atoms with van der Waals surface area (Å²) in [5.74, 6) is -1.11. The first-order valence-electron chi connectivity index (χ1n) is 7.30. The molecule has 7 nitrogen and oxygen atoms in total. The smallest absolute Gasteiger partial charge is 0.411 e. The highest BCUT2D eigenvalue weighted by Gasteiger charge is 2.49. The lowest BCUT2D eigenvalue weighted by atomic mass is 9.98. The average Bonchev–Trinajstić information content (AvgIpc) is 2.72. The van der Waals surface area contributed by atoms with Crippen LogP contribution in [0.1, 0.15) is 34.1 Å². The molecule has 1 saturated heterocycles. The standard InChI is InChI=1S/C15H26N2O5/c1-9-10(12(18)16(5)6)8-11(13(19)21-7)17(9)14(20)22-15(2,3)4/h9-11H,8H2,1-7H3/t9-,10-,11-/m0/s1. The number of hydrogen-bond acceptors (Lipinski definition) is 5. The Morgan fingerprint density at radius 3 is 2.14 bits per heavy atom. The molecule has 1 heterocycles. The maximum absolute atomic E-state index is 12.4. The molecule has 22 heavy (non-hydrogen) atoms. The van der Waals surface area contributed by atoms with Crippen molar-refractivity contribution in [3.05, 3.63) is 0 Å². The van der Waals surface area contributed by atoms with E-state index in [9.17, 15) is 14.4 Å². The van der Waals surface area contributed by atoms with Gasteiger partial charge < -0.3 is 14.4 Å². The molecule has 0 bridgehead atoms. The highest BCUT2D eigenvalue weighted by Crippen LogP contribution is 2.33. The van der Waals surface area contributed by atoms with Crippen molar-refractivity contribution < 1.29 is 23.9 Å². The summed E-state index contributed by atoms with van der Waals surface area (Å²) < 4.78 is 10.1. The lowest BCUT2D eigenvalue weighted by Crippen LogP contribution is -2.48. The molecular formula is C15H26N2O5. The van der Waals surface area contributed by atoms with Crippen LogP contribution < -0.4 is 0 Å². The molecule has 0 N–H and O–H groups in total. The first-order chi connectivity index (χ1) is 9.99. The maximum atomic E-state index is 12.4. The SMILES string of the molecule is COC(=O)[C@@H]1C[C@H](C(=O)N(C)C)[C@H](C)N1C(=O)OC(C)(C)C. The van der Waals surface area contributed by atoms with Crippen molar-refractivity contribution in [2.24, 2.45) is 5.92 Å². The fourth-order valence-corrected chi connectivity index (χ4v) is 2.62. The van der Waals surface area contributed by atoms with Gasteiger partial charge in [0.1, 0.15) is 11.6 Å². The van der Waals surface area contributed by atoms with Crippen LogP contribution in [0.4, 0.5) is 4.79 Å². The van der Waals surface area contributed by atoms with Crippen LogP contribution in [-0.2, 0) is 19.1 Å². The molecule has 0 spiro atoms. The van der Waals surface area contributed by atoms with E-state index >= 15 is 0 Å². The Morgan fingerprint density at radius 2 is 1.73 bits per heavy atom. The Hall–Kier alpha value is -1.79. The summed E-state index contributed by atoms with van der Waals surface area (Å²) in [6, 6.07) is -1.24. The van der Waals surface area contributed by atoms with Gasteiger partial charge >= 0.3 is 12.1 Å². The van der Waals surface area contributed by atoms with Crippen molar-refractivity contribution in [1.82, 2.24) is 9.80 Å². The zero-order valence-corrected chi connectivity index (χ0v) is 14.4. The van der Waals surface area contributed by atoms with Gasteiger partial charge in [-0.15, -0.1) is 0 Å². The van der Waals surface area contributed by atoms with Crippen LogP contribution in [0.5, 0.6) is 0 Å². The second-order valence-corrected chi connectivity index (χ2v) is 6.74. The molecule has 0 aliphatic carbocycles. The topological polar surface area (TPSA) is 76.2 Å². The number of esters is 1. The molecular weight excluding hydrogens is 288 g/mol. The van der Waals surface area contributed by atoms with Gasteiger partial charge in [-0.3, -0.25) is 9.69 Å². The molecule has 0 unspecified atom stereocenters. The average molecular weight is 314 g/mol. The van der Waals surface area contributed by atoms with Gasteiger partial charge in [-0.1, -0.05) is 0 Å². The van der Waals surface area contributed by atoms with Crippen LogP contribution in [-0.4, -0.2) is 66.7 Å². The van der Waals surface area contributed by atoms with Crippen molar-refractivity contribution in [2.75, 3.05) is 21.2 Å². The Morgan fingerprint density at radius 1 is 1.18 bits per heavy atom. The molecule has 1 aliphatic rings. The minimum Gasteiger partial charge on any atom is -0.467 e. The van der Waals surface area contributed by atoms with Crippen LogP contribution >= 0.6 is 0 Å². The summed E-state index contributed by atoms with van der Waals surface area (Å²) >= 11 is 0. The van der Waals surface area contributed by atoms with Gasteiger partial charge in [0.15, 0.2) is 0 Å². The molecule has 1 aliphatic heterocycles. The fraction of sp³-hybridized carbons (Fsp3) is 0.800. The molecule has 2 amide bonds. The largest absolute Gasteiger partial charge is 0.467 e. The predicted octanol–water partition coefficient (Wildman–Crippen LogP) is 1.26. The summed E-state index contributed by atoms with van der Waals surface area (Å²) in [6.07, 6.45) is -0.367. The lowest BCUT2D eigenvalue weighted by Gasteiger charge is -2.31. The van der Waals surface area contributed by atoms with Crippen molar-refractivity contribution in [3.8, 4) is 0 Å². The normalized spacial score (nSPS) is 24.9. The quantitative estimate of drug-likeness (QED) is 0.717. The predicted molar refractivity (Wildman–Crippen MR) is 80.1 cm³/mol. The summed E-state index contributed by atoms with van der Waals surface area (Å²) in [5, 5.41) is 0. The van der Waals surface area contributed by atoms with Gasteiger partial charge in [0, 0.05) is 20.1 Å². The zero-order chi connectivity index (χ0) is 17.2. The van der Waals surface area contributed by atoms with Gasteiger partial charge in [0.25, 0.3) is 0 Å². The summed E-state index contributed by atoms with van der Waals surface area (Å²) in [7, 11) is 4.57. The molecule has 1 rings (SSSR count). The molecule has 7 heteroatoms. The van der Waals surface area contributed by atoms with E-state index in [-0.39, 0.29) is 12.3 Å². The van der Waals surface area contributed by atoms with Crippen molar-refractivity contribution in [2.45, 2.75) is 51.8 Å². The van der Waals surface area contributed by atoms with Gasteiger partial charge in [-0.2, -0.15) is 0 Å². The molecule has 0 aromatic carbocycles. The van der Waals surface area contributed by atoms with Gasteiger partial charge in [-0.05, 0) is 34.1 Å². The third-order valence-corrected chi connectivity index (χ3v) is 3.67. The van der Waals surface area contributed by atoms with Crippen molar-refractivity contribution >= 4 is 18.0 Å².